The highest BCUT2D eigenvalue weighted by Crippen LogP contribution is 2.28. The topological polar surface area (TPSA) is 67.6 Å². The molecule has 2 heterocycles. The predicted molar refractivity (Wildman–Crippen MR) is 80.7 cm³/mol. The van der Waals surface area contributed by atoms with Gasteiger partial charge < -0.3 is 10.1 Å². The lowest BCUT2D eigenvalue weighted by Crippen LogP contribution is -2.48. The first kappa shape index (κ1) is 14.3. The number of morpholine rings is 1. The Kier molecular flexibility index (Phi) is 4.07. The molecule has 2 saturated heterocycles. The van der Waals surface area contributed by atoms with Gasteiger partial charge in [0, 0.05) is 24.7 Å². The number of nitro benzene ring substituents is 1. The number of hydrogen-bond acceptors (Lipinski definition) is 5. The van der Waals surface area contributed by atoms with Crippen molar-refractivity contribution in [2.45, 2.75) is 31.9 Å². The van der Waals surface area contributed by atoms with Crippen LogP contribution in [0.5, 0.6) is 0 Å². The van der Waals surface area contributed by atoms with Gasteiger partial charge in [-0.1, -0.05) is 12.1 Å². The van der Waals surface area contributed by atoms with Gasteiger partial charge in [-0.15, -0.1) is 0 Å². The molecule has 6 nitrogen and oxygen atoms in total. The SMILES string of the molecule is Cc1cccc(NCC2CN3CCCC3CO2)c1[N+](=O)[O-]. The van der Waals surface area contributed by atoms with E-state index in [0.29, 0.717) is 23.8 Å². The summed E-state index contributed by atoms with van der Waals surface area (Å²) in [6.07, 6.45) is 2.57. The maximum Gasteiger partial charge on any atom is 0.295 e. The van der Waals surface area contributed by atoms with Gasteiger partial charge in [0.25, 0.3) is 5.69 Å². The number of benzene rings is 1. The van der Waals surface area contributed by atoms with Crippen LogP contribution in [0.2, 0.25) is 0 Å². The lowest BCUT2D eigenvalue weighted by atomic mass is 10.1. The van der Waals surface area contributed by atoms with E-state index in [-0.39, 0.29) is 16.7 Å². The fraction of sp³-hybridized carbons (Fsp3) is 0.600. The molecule has 2 unspecified atom stereocenters. The molecular formula is C15H21N3O3. The summed E-state index contributed by atoms with van der Waals surface area (Å²) in [6, 6.07) is 5.93. The molecular weight excluding hydrogens is 270 g/mol. The van der Waals surface area contributed by atoms with Crippen LogP contribution in [-0.2, 0) is 4.74 Å². The van der Waals surface area contributed by atoms with Crippen LogP contribution in [0, 0.1) is 17.0 Å². The third-order valence-electron chi connectivity index (χ3n) is 4.40. The van der Waals surface area contributed by atoms with Gasteiger partial charge in [0.2, 0.25) is 0 Å². The van der Waals surface area contributed by atoms with E-state index >= 15 is 0 Å². The van der Waals surface area contributed by atoms with Crippen molar-refractivity contribution in [1.29, 1.82) is 0 Å². The van der Waals surface area contributed by atoms with Crippen LogP contribution in [0.25, 0.3) is 0 Å². The quantitative estimate of drug-likeness (QED) is 0.680. The third kappa shape index (κ3) is 3.01. The molecule has 114 valence electrons. The fourth-order valence-corrected chi connectivity index (χ4v) is 3.28. The van der Waals surface area contributed by atoms with Crippen molar-refractivity contribution < 1.29 is 9.66 Å². The molecule has 2 fully saturated rings. The number of aryl methyl sites for hydroxylation is 1. The van der Waals surface area contributed by atoms with Crippen LogP contribution in [0.1, 0.15) is 18.4 Å². The third-order valence-corrected chi connectivity index (χ3v) is 4.40. The number of nitro groups is 1. The van der Waals surface area contributed by atoms with E-state index in [4.69, 9.17) is 4.74 Å². The minimum atomic E-state index is -0.324. The smallest absolute Gasteiger partial charge is 0.295 e. The Hall–Kier alpha value is -1.66. The van der Waals surface area contributed by atoms with Crippen molar-refractivity contribution in [3.05, 3.63) is 33.9 Å². The number of nitrogens with zero attached hydrogens (tertiary/aromatic N) is 2. The second-order valence-electron chi connectivity index (χ2n) is 5.86. The number of anilines is 1. The number of nitrogens with one attached hydrogen (secondary N) is 1. The Morgan fingerprint density at radius 3 is 3.19 bits per heavy atom. The van der Waals surface area contributed by atoms with Crippen LogP contribution in [0.3, 0.4) is 0 Å². The zero-order valence-electron chi connectivity index (χ0n) is 12.2. The summed E-state index contributed by atoms with van der Waals surface area (Å²) in [6.45, 7) is 5.21. The average molecular weight is 291 g/mol. The first-order valence-electron chi connectivity index (χ1n) is 7.48. The van der Waals surface area contributed by atoms with Crippen LogP contribution in [0.15, 0.2) is 18.2 Å². The molecule has 0 aromatic heterocycles. The summed E-state index contributed by atoms with van der Waals surface area (Å²) in [5.41, 5.74) is 1.41. The largest absolute Gasteiger partial charge is 0.377 e. The van der Waals surface area contributed by atoms with E-state index in [2.05, 4.69) is 10.2 Å². The van der Waals surface area contributed by atoms with E-state index in [9.17, 15) is 10.1 Å². The summed E-state index contributed by atoms with van der Waals surface area (Å²) in [5.74, 6) is 0. The van der Waals surface area contributed by atoms with Crippen molar-refractivity contribution in [2.75, 3.05) is 31.6 Å². The molecule has 0 aliphatic carbocycles. The summed E-state index contributed by atoms with van der Waals surface area (Å²) in [4.78, 5) is 13.3. The van der Waals surface area contributed by atoms with Crippen LogP contribution < -0.4 is 5.32 Å². The number of para-hydroxylation sites is 1. The Morgan fingerprint density at radius 1 is 1.52 bits per heavy atom. The maximum absolute atomic E-state index is 11.2. The van der Waals surface area contributed by atoms with Crippen LogP contribution >= 0.6 is 0 Å². The molecule has 0 amide bonds. The summed E-state index contributed by atoms with van der Waals surface area (Å²) in [5, 5.41) is 14.4. The van der Waals surface area contributed by atoms with Crippen LogP contribution in [0.4, 0.5) is 11.4 Å². The molecule has 0 bridgehead atoms. The Morgan fingerprint density at radius 2 is 2.38 bits per heavy atom. The maximum atomic E-state index is 11.2. The Balaban J connectivity index is 1.63. The molecule has 3 rings (SSSR count). The zero-order chi connectivity index (χ0) is 14.8. The molecule has 6 heteroatoms. The number of ether oxygens (including phenoxy) is 1. The Labute approximate surface area is 124 Å². The highest BCUT2D eigenvalue weighted by Gasteiger charge is 2.32. The number of fused-ring (bicyclic) bond motifs is 1. The van der Waals surface area contributed by atoms with Gasteiger partial charge in [-0.3, -0.25) is 15.0 Å². The highest BCUT2D eigenvalue weighted by molar-refractivity contribution is 5.65. The first-order chi connectivity index (χ1) is 10.1. The lowest BCUT2D eigenvalue weighted by molar-refractivity contribution is -0.384. The minimum Gasteiger partial charge on any atom is -0.377 e. The van der Waals surface area contributed by atoms with E-state index in [0.717, 1.165) is 19.7 Å². The first-order valence-corrected chi connectivity index (χ1v) is 7.48. The molecule has 1 aromatic rings. The van der Waals surface area contributed by atoms with Crippen molar-refractivity contribution in [2.24, 2.45) is 0 Å². The van der Waals surface area contributed by atoms with E-state index in [1.807, 2.05) is 6.07 Å². The Bertz CT molecular complexity index is 535. The standard InChI is InChI=1S/C15H21N3O3/c1-11-4-2-6-14(15(11)18(19)20)16-8-13-9-17-7-3-5-12(17)10-21-13/h2,4,6,12-13,16H,3,5,7-10H2,1H3. The molecule has 0 spiro atoms. The van der Waals surface area contributed by atoms with Crippen molar-refractivity contribution in [3.8, 4) is 0 Å². The van der Waals surface area contributed by atoms with Gasteiger partial charge >= 0.3 is 0 Å². The van der Waals surface area contributed by atoms with Crippen LogP contribution in [-0.4, -0.2) is 48.2 Å². The molecule has 2 atom stereocenters. The van der Waals surface area contributed by atoms with E-state index in [1.165, 1.54) is 12.8 Å². The molecule has 1 N–H and O–H groups in total. The minimum absolute atomic E-state index is 0.0967. The predicted octanol–water partition coefficient (Wildman–Crippen LogP) is 2.18. The van der Waals surface area contributed by atoms with Gasteiger partial charge in [0.15, 0.2) is 0 Å². The second-order valence-corrected chi connectivity index (χ2v) is 5.86. The lowest BCUT2D eigenvalue weighted by Gasteiger charge is -2.35. The normalized spacial score (nSPS) is 25.6. The molecule has 0 saturated carbocycles. The van der Waals surface area contributed by atoms with Gasteiger partial charge in [0.1, 0.15) is 5.69 Å². The summed E-state index contributed by atoms with van der Waals surface area (Å²) in [7, 11) is 0. The zero-order valence-corrected chi connectivity index (χ0v) is 12.2. The molecule has 0 radical (unpaired) electrons. The summed E-state index contributed by atoms with van der Waals surface area (Å²) >= 11 is 0. The second kappa shape index (κ2) is 5.99. The van der Waals surface area contributed by atoms with Gasteiger partial charge in [-0.2, -0.15) is 0 Å². The van der Waals surface area contributed by atoms with Gasteiger partial charge in [-0.25, -0.2) is 0 Å². The van der Waals surface area contributed by atoms with Crippen molar-refractivity contribution >= 4 is 11.4 Å². The molecule has 1 aromatic carbocycles. The molecule has 2 aliphatic heterocycles. The van der Waals surface area contributed by atoms with E-state index in [1.54, 1.807) is 19.1 Å². The van der Waals surface area contributed by atoms with E-state index < -0.39 is 0 Å². The fourth-order valence-electron chi connectivity index (χ4n) is 3.28. The monoisotopic (exact) mass is 291 g/mol. The van der Waals surface area contributed by atoms with Crippen molar-refractivity contribution in [3.63, 3.8) is 0 Å². The number of hydrogen-bond donors (Lipinski definition) is 1. The highest BCUT2D eigenvalue weighted by atomic mass is 16.6. The number of rotatable bonds is 4. The van der Waals surface area contributed by atoms with Crippen molar-refractivity contribution in [1.82, 2.24) is 4.90 Å². The average Bonchev–Trinajstić information content (AvgIpc) is 2.92. The molecule has 2 aliphatic rings. The molecule has 21 heavy (non-hydrogen) atoms. The summed E-state index contributed by atoms with van der Waals surface area (Å²) < 4.78 is 5.87. The van der Waals surface area contributed by atoms with Gasteiger partial charge in [-0.05, 0) is 32.4 Å². The van der Waals surface area contributed by atoms with Gasteiger partial charge in [0.05, 0.1) is 17.6 Å².